The second kappa shape index (κ2) is 5.55. The quantitative estimate of drug-likeness (QED) is 0.586. The number of non-ortho nitro benzene ring substituents is 1. The molecule has 1 heterocycles. The van der Waals surface area contributed by atoms with Gasteiger partial charge in [0.05, 0.1) is 17.6 Å². The minimum atomic E-state index is -0.675. The molecule has 0 fully saturated rings. The molecule has 0 radical (unpaired) electrons. The molecule has 1 aromatic carbocycles. The molecule has 0 amide bonds. The summed E-state index contributed by atoms with van der Waals surface area (Å²) in [5.74, 6) is 0.444. The first-order valence-electron chi connectivity index (χ1n) is 5.62. The molecule has 3 N–H and O–H groups in total. The Balaban J connectivity index is 2.16. The van der Waals surface area contributed by atoms with E-state index in [1.54, 1.807) is 12.1 Å². The zero-order chi connectivity index (χ0) is 13.8. The summed E-state index contributed by atoms with van der Waals surface area (Å²) in [6.07, 6.45) is 0.807. The molecule has 0 aliphatic rings. The number of hydrogen-bond acceptors (Lipinski definition) is 6. The fourth-order valence-corrected chi connectivity index (χ4v) is 1.54. The first-order chi connectivity index (χ1) is 9.10. The number of rotatable bonds is 5. The number of hydrogen-bond donors (Lipinski definition) is 2. The fraction of sp³-hybridized carbons (Fsp3) is 0.273. The minimum absolute atomic E-state index is 0.0155. The molecule has 2 rings (SSSR count). The van der Waals surface area contributed by atoms with Gasteiger partial charge in [-0.25, -0.2) is 9.67 Å². The number of aliphatic hydroxyl groups is 1. The van der Waals surface area contributed by atoms with E-state index in [1.807, 2.05) is 0 Å². The van der Waals surface area contributed by atoms with Crippen molar-refractivity contribution in [2.75, 3.05) is 6.54 Å². The second-order valence-electron chi connectivity index (χ2n) is 3.98. The molecule has 8 nitrogen and oxygen atoms in total. The standard InChI is InChI=1S/C11H13N5O3/c12-5-10(17)6-15-7-13-11(14-15)8-1-3-9(4-2-8)16(18)19/h1-4,7,10,17H,5-6,12H2. The van der Waals surface area contributed by atoms with Gasteiger partial charge >= 0.3 is 0 Å². The number of nitro benzene ring substituents is 1. The third-order valence-corrected chi connectivity index (χ3v) is 2.54. The van der Waals surface area contributed by atoms with Gasteiger partial charge in [-0.15, -0.1) is 0 Å². The van der Waals surface area contributed by atoms with Crippen molar-refractivity contribution in [1.82, 2.24) is 14.8 Å². The summed E-state index contributed by atoms with van der Waals surface area (Å²) in [5, 5.41) is 24.1. The van der Waals surface area contributed by atoms with Crippen molar-refractivity contribution in [3.63, 3.8) is 0 Å². The molecule has 0 aliphatic heterocycles. The van der Waals surface area contributed by atoms with Gasteiger partial charge in [0, 0.05) is 24.2 Å². The molecule has 0 saturated heterocycles. The Morgan fingerprint density at radius 2 is 2.11 bits per heavy atom. The number of aromatic nitrogens is 3. The molecule has 0 spiro atoms. The first kappa shape index (κ1) is 13.1. The molecule has 8 heteroatoms. The largest absolute Gasteiger partial charge is 0.390 e. The average molecular weight is 263 g/mol. The van der Waals surface area contributed by atoms with Crippen LogP contribution in [0.4, 0.5) is 5.69 Å². The van der Waals surface area contributed by atoms with Crippen LogP contribution in [0.15, 0.2) is 30.6 Å². The van der Waals surface area contributed by atoms with E-state index >= 15 is 0 Å². The smallest absolute Gasteiger partial charge is 0.269 e. The highest BCUT2D eigenvalue weighted by Gasteiger charge is 2.09. The van der Waals surface area contributed by atoms with E-state index in [9.17, 15) is 15.2 Å². The second-order valence-corrected chi connectivity index (χ2v) is 3.98. The Bertz CT molecular complexity index is 566. The van der Waals surface area contributed by atoms with Crippen molar-refractivity contribution in [3.8, 4) is 11.4 Å². The van der Waals surface area contributed by atoms with E-state index in [0.29, 0.717) is 11.4 Å². The number of aliphatic hydroxyl groups excluding tert-OH is 1. The van der Waals surface area contributed by atoms with Crippen LogP contribution in [0.25, 0.3) is 11.4 Å². The van der Waals surface area contributed by atoms with Gasteiger partial charge in [0.25, 0.3) is 5.69 Å². The molecular formula is C11H13N5O3. The highest BCUT2D eigenvalue weighted by molar-refractivity contribution is 5.56. The van der Waals surface area contributed by atoms with E-state index < -0.39 is 11.0 Å². The van der Waals surface area contributed by atoms with Crippen LogP contribution in [0.5, 0.6) is 0 Å². The fourth-order valence-electron chi connectivity index (χ4n) is 1.54. The Morgan fingerprint density at radius 3 is 2.68 bits per heavy atom. The van der Waals surface area contributed by atoms with Gasteiger partial charge in [0.2, 0.25) is 0 Å². The van der Waals surface area contributed by atoms with E-state index in [0.717, 1.165) is 0 Å². The maximum Gasteiger partial charge on any atom is 0.269 e. The predicted molar refractivity (Wildman–Crippen MR) is 67.2 cm³/mol. The SMILES string of the molecule is NCC(O)Cn1cnc(-c2ccc([N+](=O)[O-])cc2)n1. The Hall–Kier alpha value is -2.32. The maximum absolute atomic E-state index is 10.5. The summed E-state index contributed by atoms with van der Waals surface area (Å²) in [4.78, 5) is 14.2. The Morgan fingerprint density at radius 1 is 1.42 bits per heavy atom. The summed E-state index contributed by atoms with van der Waals surface area (Å²) < 4.78 is 1.48. The lowest BCUT2D eigenvalue weighted by molar-refractivity contribution is -0.384. The predicted octanol–water partition coefficient (Wildman–Crippen LogP) is 0.173. The van der Waals surface area contributed by atoms with Crippen LogP contribution in [-0.4, -0.2) is 37.4 Å². The third kappa shape index (κ3) is 3.12. The van der Waals surface area contributed by atoms with E-state index in [4.69, 9.17) is 5.73 Å². The molecule has 1 atom stereocenters. The number of benzene rings is 1. The summed E-state index contributed by atoms with van der Waals surface area (Å²) >= 11 is 0. The molecular weight excluding hydrogens is 250 g/mol. The van der Waals surface area contributed by atoms with Crippen molar-refractivity contribution in [3.05, 3.63) is 40.7 Å². The monoisotopic (exact) mass is 263 g/mol. The molecule has 0 bridgehead atoms. The van der Waals surface area contributed by atoms with Crippen molar-refractivity contribution in [2.45, 2.75) is 12.6 Å². The van der Waals surface area contributed by atoms with Crippen molar-refractivity contribution in [2.24, 2.45) is 5.73 Å². The lowest BCUT2D eigenvalue weighted by Crippen LogP contribution is -2.25. The summed E-state index contributed by atoms with van der Waals surface area (Å²) in [6, 6.07) is 5.95. The van der Waals surface area contributed by atoms with Gasteiger partial charge in [0.1, 0.15) is 6.33 Å². The van der Waals surface area contributed by atoms with Crippen LogP contribution in [0.2, 0.25) is 0 Å². The Kier molecular flexibility index (Phi) is 3.83. The van der Waals surface area contributed by atoms with Crippen LogP contribution < -0.4 is 5.73 Å². The molecule has 19 heavy (non-hydrogen) atoms. The lowest BCUT2D eigenvalue weighted by Gasteiger charge is -2.05. The summed E-state index contributed by atoms with van der Waals surface area (Å²) in [5.41, 5.74) is 6.00. The molecule has 0 saturated carbocycles. The highest BCUT2D eigenvalue weighted by atomic mass is 16.6. The normalized spacial score (nSPS) is 12.3. The van der Waals surface area contributed by atoms with E-state index in [-0.39, 0.29) is 18.8 Å². The molecule has 1 aromatic heterocycles. The van der Waals surface area contributed by atoms with Gasteiger partial charge in [-0.05, 0) is 12.1 Å². The van der Waals surface area contributed by atoms with Crippen molar-refractivity contribution >= 4 is 5.69 Å². The minimum Gasteiger partial charge on any atom is -0.390 e. The zero-order valence-electron chi connectivity index (χ0n) is 10.0. The topological polar surface area (TPSA) is 120 Å². The number of nitro groups is 1. The van der Waals surface area contributed by atoms with Gasteiger partial charge in [-0.2, -0.15) is 5.10 Å². The van der Waals surface area contributed by atoms with Crippen LogP contribution in [0, 0.1) is 10.1 Å². The molecule has 100 valence electrons. The highest BCUT2D eigenvalue weighted by Crippen LogP contribution is 2.18. The molecule has 1 unspecified atom stereocenters. The van der Waals surface area contributed by atoms with E-state index in [1.165, 1.54) is 23.1 Å². The number of nitrogens with two attached hydrogens (primary N) is 1. The summed E-state index contributed by atoms with van der Waals surface area (Å²) in [7, 11) is 0. The van der Waals surface area contributed by atoms with Crippen LogP contribution in [0.1, 0.15) is 0 Å². The van der Waals surface area contributed by atoms with Crippen molar-refractivity contribution in [1.29, 1.82) is 0 Å². The molecule has 0 aliphatic carbocycles. The maximum atomic E-state index is 10.5. The summed E-state index contributed by atoms with van der Waals surface area (Å²) in [6.45, 7) is 0.406. The van der Waals surface area contributed by atoms with Crippen LogP contribution in [-0.2, 0) is 6.54 Å². The lowest BCUT2D eigenvalue weighted by atomic mass is 10.2. The van der Waals surface area contributed by atoms with Gasteiger partial charge in [-0.1, -0.05) is 0 Å². The molecule has 2 aromatic rings. The van der Waals surface area contributed by atoms with Crippen LogP contribution >= 0.6 is 0 Å². The van der Waals surface area contributed by atoms with Gasteiger partial charge in [0.15, 0.2) is 5.82 Å². The van der Waals surface area contributed by atoms with Gasteiger partial charge in [-0.3, -0.25) is 10.1 Å². The zero-order valence-corrected chi connectivity index (χ0v) is 10.0. The Labute approximate surface area is 108 Å². The first-order valence-corrected chi connectivity index (χ1v) is 5.62. The van der Waals surface area contributed by atoms with E-state index in [2.05, 4.69) is 10.1 Å². The third-order valence-electron chi connectivity index (χ3n) is 2.54. The van der Waals surface area contributed by atoms with Gasteiger partial charge < -0.3 is 10.8 Å². The average Bonchev–Trinajstić information content (AvgIpc) is 2.87. The number of nitrogens with zero attached hydrogens (tertiary/aromatic N) is 4. The van der Waals surface area contributed by atoms with Crippen molar-refractivity contribution < 1.29 is 10.0 Å². The van der Waals surface area contributed by atoms with Crippen LogP contribution in [0.3, 0.4) is 0 Å².